The van der Waals surface area contributed by atoms with Gasteiger partial charge in [-0.3, -0.25) is 9.67 Å². The van der Waals surface area contributed by atoms with Crippen LogP contribution < -0.4 is 5.73 Å². The van der Waals surface area contributed by atoms with Crippen LogP contribution in [0.3, 0.4) is 0 Å². The van der Waals surface area contributed by atoms with E-state index < -0.39 is 0 Å². The molecule has 0 bridgehead atoms. The summed E-state index contributed by atoms with van der Waals surface area (Å²) >= 11 is 0. The minimum atomic E-state index is 0. The van der Waals surface area contributed by atoms with Crippen LogP contribution in [0.1, 0.15) is 5.56 Å². The van der Waals surface area contributed by atoms with Gasteiger partial charge in [-0.25, -0.2) is 0 Å². The van der Waals surface area contributed by atoms with Crippen LogP contribution in [0.25, 0.3) is 11.3 Å². The van der Waals surface area contributed by atoms with E-state index in [0.717, 1.165) is 16.8 Å². The molecule has 0 radical (unpaired) electrons. The van der Waals surface area contributed by atoms with E-state index in [4.69, 9.17) is 5.73 Å². The number of nitrogens with zero attached hydrogens (tertiary/aromatic N) is 3. The summed E-state index contributed by atoms with van der Waals surface area (Å²) in [5.41, 5.74) is 8.57. The molecule has 0 saturated heterocycles. The van der Waals surface area contributed by atoms with E-state index in [-0.39, 0.29) is 24.8 Å². The van der Waals surface area contributed by atoms with Crippen LogP contribution in [0.5, 0.6) is 0 Å². The Kier molecular flexibility index (Phi) is 6.03. The fraction of sp³-hybridized carbons (Fsp3) is 0.200. The molecular formula is C10H14Cl2N4. The molecular weight excluding hydrogens is 247 g/mol. The van der Waals surface area contributed by atoms with Gasteiger partial charge in [0.1, 0.15) is 0 Å². The van der Waals surface area contributed by atoms with Crippen LogP contribution >= 0.6 is 24.8 Å². The number of nitrogens with two attached hydrogens (primary N) is 1. The number of hydrogen-bond donors (Lipinski definition) is 1. The first-order valence-corrected chi connectivity index (χ1v) is 4.43. The van der Waals surface area contributed by atoms with E-state index >= 15 is 0 Å². The molecule has 0 atom stereocenters. The van der Waals surface area contributed by atoms with Gasteiger partial charge in [-0.2, -0.15) is 5.10 Å². The van der Waals surface area contributed by atoms with Gasteiger partial charge in [0.15, 0.2) is 0 Å². The van der Waals surface area contributed by atoms with Gasteiger partial charge in [0.05, 0.1) is 11.9 Å². The normalized spacial score (nSPS) is 9.12. The van der Waals surface area contributed by atoms with Crippen LogP contribution in [-0.4, -0.2) is 14.8 Å². The Morgan fingerprint density at radius 1 is 1.38 bits per heavy atom. The summed E-state index contributed by atoms with van der Waals surface area (Å²) in [6, 6.07) is 3.90. The predicted molar refractivity (Wildman–Crippen MR) is 68.8 cm³/mol. The minimum Gasteiger partial charge on any atom is -0.326 e. The topological polar surface area (TPSA) is 56.7 Å². The average molecular weight is 261 g/mol. The minimum absolute atomic E-state index is 0. The first-order chi connectivity index (χ1) is 6.79. The van der Waals surface area contributed by atoms with Gasteiger partial charge in [-0.15, -0.1) is 24.8 Å². The Bertz CT molecular complexity index is 442. The summed E-state index contributed by atoms with van der Waals surface area (Å²) in [6.07, 6.45) is 5.50. The van der Waals surface area contributed by atoms with Gasteiger partial charge < -0.3 is 5.73 Å². The Balaban J connectivity index is 0.00000112. The summed E-state index contributed by atoms with van der Waals surface area (Å²) in [6.45, 7) is 0.537. The van der Waals surface area contributed by atoms with E-state index in [1.165, 1.54) is 0 Å². The predicted octanol–water partition coefficient (Wildman–Crippen LogP) is 1.78. The quantitative estimate of drug-likeness (QED) is 0.896. The van der Waals surface area contributed by atoms with Gasteiger partial charge in [0.2, 0.25) is 0 Å². The molecule has 0 saturated carbocycles. The molecule has 0 fully saturated rings. The first-order valence-electron chi connectivity index (χ1n) is 4.43. The van der Waals surface area contributed by atoms with Gasteiger partial charge in [0, 0.05) is 31.5 Å². The smallest absolute Gasteiger partial charge is 0.0736 e. The number of aryl methyl sites for hydroxylation is 1. The molecule has 6 heteroatoms. The molecule has 0 spiro atoms. The third kappa shape index (κ3) is 3.20. The summed E-state index contributed by atoms with van der Waals surface area (Å²) in [5, 5.41) is 4.09. The maximum atomic E-state index is 5.55. The fourth-order valence-corrected chi connectivity index (χ4v) is 1.31. The van der Waals surface area contributed by atoms with Crippen molar-refractivity contribution in [2.75, 3.05) is 0 Å². The maximum absolute atomic E-state index is 5.55. The van der Waals surface area contributed by atoms with Crippen LogP contribution in [0, 0.1) is 0 Å². The maximum Gasteiger partial charge on any atom is 0.0736 e. The van der Waals surface area contributed by atoms with Crippen molar-refractivity contribution < 1.29 is 0 Å². The highest BCUT2D eigenvalue weighted by molar-refractivity contribution is 5.85. The second-order valence-electron chi connectivity index (χ2n) is 3.16. The Hall–Kier alpha value is -1.10. The lowest BCUT2D eigenvalue weighted by atomic mass is 10.2. The van der Waals surface area contributed by atoms with Crippen molar-refractivity contribution in [3.8, 4) is 11.3 Å². The zero-order valence-corrected chi connectivity index (χ0v) is 10.5. The molecule has 2 heterocycles. The number of halogens is 2. The van der Waals surface area contributed by atoms with Crippen LogP contribution in [0.2, 0.25) is 0 Å². The van der Waals surface area contributed by atoms with E-state index in [1.807, 2.05) is 25.4 Å². The summed E-state index contributed by atoms with van der Waals surface area (Å²) < 4.78 is 1.76. The van der Waals surface area contributed by atoms with Crippen LogP contribution in [-0.2, 0) is 13.6 Å². The lowest BCUT2D eigenvalue weighted by molar-refractivity contribution is 0.768. The number of aromatic nitrogens is 3. The second-order valence-corrected chi connectivity index (χ2v) is 3.16. The molecule has 16 heavy (non-hydrogen) atoms. The van der Waals surface area contributed by atoms with Gasteiger partial charge in [-0.05, 0) is 17.7 Å². The summed E-state index contributed by atoms with van der Waals surface area (Å²) in [7, 11) is 1.89. The molecule has 2 aromatic rings. The summed E-state index contributed by atoms with van der Waals surface area (Å²) in [4.78, 5) is 4.26. The zero-order chi connectivity index (χ0) is 9.97. The van der Waals surface area contributed by atoms with Crippen molar-refractivity contribution in [1.82, 2.24) is 14.8 Å². The highest BCUT2D eigenvalue weighted by Gasteiger charge is 2.01. The SMILES string of the molecule is Cl.Cl.Cn1cc(-c2cc(CN)ccn2)cn1. The molecule has 88 valence electrons. The highest BCUT2D eigenvalue weighted by atomic mass is 35.5. The van der Waals surface area contributed by atoms with E-state index in [1.54, 1.807) is 17.1 Å². The third-order valence-electron chi connectivity index (χ3n) is 2.06. The van der Waals surface area contributed by atoms with Crippen molar-refractivity contribution >= 4 is 24.8 Å². The Labute approximate surface area is 107 Å². The van der Waals surface area contributed by atoms with E-state index in [9.17, 15) is 0 Å². The average Bonchev–Trinajstić information content (AvgIpc) is 2.65. The number of hydrogen-bond acceptors (Lipinski definition) is 3. The Morgan fingerprint density at radius 2 is 2.12 bits per heavy atom. The largest absolute Gasteiger partial charge is 0.326 e. The fourth-order valence-electron chi connectivity index (χ4n) is 1.31. The van der Waals surface area contributed by atoms with Crippen LogP contribution in [0.4, 0.5) is 0 Å². The highest BCUT2D eigenvalue weighted by Crippen LogP contribution is 2.16. The van der Waals surface area contributed by atoms with Gasteiger partial charge in [0.25, 0.3) is 0 Å². The van der Waals surface area contributed by atoms with Crippen LogP contribution in [0.15, 0.2) is 30.7 Å². The molecule has 0 aliphatic heterocycles. The van der Waals surface area contributed by atoms with Gasteiger partial charge >= 0.3 is 0 Å². The van der Waals surface area contributed by atoms with Crippen molar-refractivity contribution in [3.63, 3.8) is 0 Å². The first kappa shape index (κ1) is 14.9. The molecule has 4 nitrogen and oxygen atoms in total. The van der Waals surface area contributed by atoms with Crippen molar-refractivity contribution in [2.45, 2.75) is 6.54 Å². The summed E-state index contributed by atoms with van der Waals surface area (Å²) in [5.74, 6) is 0. The standard InChI is InChI=1S/C10H12N4.2ClH/c1-14-7-9(6-13-14)10-4-8(5-11)2-3-12-10;;/h2-4,6-7H,5,11H2,1H3;2*1H. The second kappa shape index (κ2) is 6.48. The lowest BCUT2D eigenvalue weighted by Gasteiger charge is -1.99. The Morgan fingerprint density at radius 3 is 2.69 bits per heavy atom. The molecule has 0 aromatic carbocycles. The molecule has 2 aromatic heterocycles. The molecule has 0 aliphatic carbocycles. The van der Waals surface area contributed by atoms with Gasteiger partial charge in [-0.1, -0.05) is 0 Å². The zero-order valence-electron chi connectivity index (χ0n) is 8.83. The number of rotatable bonds is 2. The number of pyridine rings is 1. The molecule has 0 aliphatic rings. The lowest BCUT2D eigenvalue weighted by Crippen LogP contribution is -1.96. The van der Waals surface area contributed by atoms with Crippen molar-refractivity contribution in [1.29, 1.82) is 0 Å². The van der Waals surface area contributed by atoms with Crippen molar-refractivity contribution in [2.24, 2.45) is 12.8 Å². The van der Waals surface area contributed by atoms with E-state index in [0.29, 0.717) is 6.54 Å². The monoisotopic (exact) mass is 260 g/mol. The molecule has 2 rings (SSSR count). The van der Waals surface area contributed by atoms with Crippen molar-refractivity contribution in [3.05, 3.63) is 36.3 Å². The third-order valence-corrected chi connectivity index (χ3v) is 2.06. The molecule has 2 N–H and O–H groups in total. The molecule has 0 amide bonds. The molecule has 0 unspecified atom stereocenters. The van der Waals surface area contributed by atoms with E-state index in [2.05, 4.69) is 10.1 Å².